The molecule has 0 saturated carbocycles. The second-order valence-electron chi connectivity index (χ2n) is 5.92. The van der Waals surface area contributed by atoms with Gasteiger partial charge in [0.1, 0.15) is 5.75 Å². The fraction of sp³-hybridized carbons (Fsp3) is 0.0952. The Hall–Kier alpha value is -3.16. The van der Waals surface area contributed by atoms with Crippen molar-refractivity contribution >= 4 is 21.6 Å². The fourth-order valence-corrected chi connectivity index (χ4v) is 3.52. The second kappa shape index (κ2) is 9.16. The van der Waals surface area contributed by atoms with Crippen LogP contribution in [-0.2, 0) is 14.8 Å². The van der Waals surface area contributed by atoms with Gasteiger partial charge in [-0.3, -0.25) is 4.79 Å². The van der Waals surface area contributed by atoms with Gasteiger partial charge in [-0.1, -0.05) is 48.5 Å². The van der Waals surface area contributed by atoms with E-state index in [0.29, 0.717) is 17.2 Å². The zero-order valence-corrected chi connectivity index (χ0v) is 15.9. The summed E-state index contributed by atoms with van der Waals surface area (Å²) in [5.74, 6) is 0.839. The molecule has 0 radical (unpaired) electrons. The highest BCUT2D eigenvalue weighted by atomic mass is 32.2. The second-order valence-corrected chi connectivity index (χ2v) is 7.69. The van der Waals surface area contributed by atoms with Gasteiger partial charge in [-0.05, 0) is 36.4 Å². The first-order chi connectivity index (χ1) is 13.5. The first-order valence-electron chi connectivity index (χ1n) is 8.71. The lowest BCUT2D eigenvalue weighted by Gasteiger charge is -2.12. The molecule has 0 aromatic heterocycles. The molecule has 0 aliphatic carbocycles. The topological polar surface area (TPSA) is 84.5 Å². The smallest absolute Gasteiger partial charge is 0.240 e. The molecular formula is C21H20N2O4S. The first kappa shape index (κ1) is 19.6. The summed E-state index contributed by atoms with van der Waals surface area (Å²) in [6, 6.07) is 24.3. The van der Waals surface area contributed by atoms with Crippen molar-refractivity contribution < 1.29 is 17.9 Å². The highest BCUT2D eigenvalue weighted by Gasteiger charge is 2.14. The molecular weight excluding hydrogens is 376 g/mol. The SMILES string of the molecule is O=C(CCNS(=O)(=O)c1ccccc1)Nc1ccccc1Oc1ccccc1. The third-order valence-corrected chi connectivity index (χ3v) is 5.31. The molecule has 0 heterocycles. The third-order valence-electron chi connectivity index (χ3n) is 3.83. The van der Waals surface area contributed by atoms with Crippen molar-refractivity contribution in [3.8, 4) is 11.5 Å². The summed E-state index contributed by atoms with van der Waals surface area (Å²) in [6.45, 7) is -0.00916. The van der Waals surface area contributed by atoms with E-state index in [4.69, 9.17) is 4.74 Å². The molecule has 0 aliphatic rings. The van der Waals surface area contributed by atoms with E-state index in [2.05, 4.69) is 10.0 Å². The summed E-state index contributed by atoms with van der Waals surface area (Å²) in [4.78, 5) is 12.4. The Morgan fingerprint density at radius 1 is 0.821 bits per heavy atom. The van der Waals surface area contributed by atoms with Crippen LogP contribution in [0.5, 0.6) is 11.5 Å². The molecule has 7 heteroatoms. The number of amides is 1. The van der Waals surface area contributed by atoms with Crippen LogP contribution in [0.15, 0.2) is 89.8 Å². The number of anilines is 1. The van der Waals surface area contributed by atoms with Crippen molar-refractivity contribution in [2.45, 2.75) is 11.3 Å². The molecule has 144 valence electrons. The van der Waals surface area contributed by atoms with Crippen LogP contribution in [0.4, 0.5) is 5.69 Å². The van der Waals surface area contributed by atoms with Gasteiger partial charge in [0, 0.05) is 13.0 Å². The number of hydrogen-bond donors (Lipinski definition) is 2. The average Bonchev–Trinajstić information content (AvgIpc) is 2.71. The van der Waals surface area contributed by atoms with Gasteiger partial charge in [0.15, 0.2) is 5.75 Å². The molecule has 0 aliphatic heterocycles. The van der Waals surface area contributed by atoms with Crippen LogP contribution in [0.1, 0.15) is 6.42 Å². The zero-order chi connectivity index (χ0) is 19.8. The molecule has 0 bridgehead atoms. The number of hydrogen-bond acceptors (Lipinski definition) is 4. The molecule has 3 aromatic carbocycles. The van der Waals surface area contributed by atoms with Crippen LogP contribution in [-0.4, -0.2) is 20.9 Å². The zero-order valence-electron chi connectivity index (χ0n) is 15.0. The molecule has 28 heavy (non-hydrogen) atoms. The van der Waals surface area contributed by atoms with Crippen LogP contribution in [0.25, 0.3) is 0 Å². The van der Waals surface area contributed by atoms with Crippen molar-refractivity contribution in [2.75, 3.05) is 11.9 Å². The third kappa shape index (κ3) is 5.42. The Kier molecular flexibility index (Phi) is 6.41. The van der Waals surface area contributed by atoms with E-state index in [9.17, 15) is 13.2 Å². The van der Waals surface area contributed by atoms with E-state index < -0.39 is 10.0 Å². The van der Waals surface area contributed by atoms with E-state index in [-0.39, 0.29) is 23.8 Å². The highest BCUT2D eigenvalue weighted by molar-refractivity contribution is 7.89. The molecule has 2 N–H and O–H groups in total. The summed E-state index contributed by atoms with van der Waals surface area (Å²) in [7, 11) is -3.63. The van der Waals surface area contributed by atoms with Gasteiger partial charge < -0.3 is 10.1 Å². The molecule has 3 aromatic rings. The molecule has 0 atom stereocenters. The Morgan fingerprint density at radius 3 is 2.14 bits per heavy atom. The van der Waals surface area contributed by atoms with Crippen LogP contribution >= 0.6 is 0 Å². The number of carbonyl (C=O) groups excluding carboxylic acids is 1. The summed E-state index contributed by atoms with van der Waals surface area (Å²) < 4.78 is 32.6. The summed E-state index contributed by atoms with van der Waals surface area (Å²) in [5, 5.41) is 2.76. The van der Waals surface area contributed by atoms with Gasteiger partial charge in [0.2, 0.25) is 15.9 Å². The van der Waals surface area contributed by atoms with E-state index in [1.807, 2.05) is 36.4 Å². The van der Waals surface area contributed by atoms with Crippen molar-refractivity contribution in [1.29, 1.82) is 0 Å². The molecule has 0 spiro atoms. The maximum atomic E-state index is 12.2. The van der Waals surface area contributed by atoms with Gasteiger partial charge in [-0.2, -0.15) is 0 Å². The predicted octanol–water partition coefficient (Wildman–Crippen LogP) is 3.79. The minimum absolute atomic E-state index is 0.00820. The van der Waals surface area contributed by atoms with E-state index in [1.165, 1.54) is 12.1 Å². The van der Waals surface area contributed by atoms with Gasteiger partial charge in [0.05, 0.1) is 10.6 Å². The number of rotatable bonds is 8. The number of nitrogens with one attached hydrogen (secondary N) is 2. The lowest BCUT2D eigenvalue weighted by Crippen LogP contribution is -2.27. The minimum Gasteiger partial charge on any atom is -0.455 e. The van der Waals surface area contributed by atoms with Crippen LogP contribution < -0.4 is 14.8 Å². The molecule has 0 fully saturated rings. The number of ether oxygens (including phenoxy) is 1. The van der Waals surface area contributed by atoms with Crippen molar-refractivity contribution in [2.24, 2.45) is 0 Å². The summed E-state index contributed by atoms with van der Waals surface area (Å²) in [6.07, 6.45) is -0.00820. The Bertz CT molecular complexity index is 1020. The number of benzene rings is 3. The van der Waals surface area contributed by atoms with Gasteiger partial charge >= 0.3 is 0 Å². The van der Waals surface area contributed by atoms with Crippen LogP contribution in [0.3, 0.4) is 0 Å². The lowest BCUT2D eigenvalue weighted by molar-refractivity contribution is -0.116. The minimum atomic E-state index is -3.63. The van der Waals surface area contributed by atoms with E-state index in [1.54, 1.807) is 36.4 Å². The summed E-state index contributed by atoms with van der Waals surface area (Å²) >= 11 is 0. The summed E-state index contributed by atoms with van der Waals surface area (Å²) in [5.41, 5.74) is 0.516. The molecule has 0 saturated heterocycles. The first-order valence-corrected chi connectivity index (χ1v) is 10.2. The van der Waals surface area contributed by atoms with Gasteiger partial charge in [0.25, 0.3) is 0 Å². The normalized spacial score (nSPS) is 11.0. The van der Waals surface area contributed by atoms with Gasteiger partial charge in [-0.25, -0.2) is 13.1 Å². The van der Waals surface area contributed by atoms with Gasteiger partial charge in [-0.15, -0.1) is 0 Å². The van der Waals surface area contributed by atoms with Crippen molar-refractivity contribution in [1.82, 2.24) is 4.72 Å². The predicted molar refractivity (Wildman–Crippen MR) is 108 cm³/mol. The Morgan fingerprint density at radius 2 is 1.43 bits per heavy atom. The fourth-order valence-electron chi connectivity index (χ4n) is 2.47. The average molecular weight is 396 g/mol. The largest absolute Gasteiger partial charge is 0.455 e. The molecule has 0 unspecified atom stereocenters. The Labute approximate surface area is 164 Å². The Balaban J connectivity index is 1.57. The highest BCUT2D eigenvalue weighted by Crippen LogP contribution is 2.29. The number of sulfonamides is 1. The lowest BCUT2D eigenvalue weighted by atomic mass is 10.2. The molecule has 1 amide bonds. The maximum absolute atomic E-state index is 12.2. The molecule has 3 rings (SSSR count). The quantitative estimate of drug-likeness (QED) is 0.607. The van der Waals surface area contributed by atoms with Crippen molar-refractivity contribution in [3.05, 3.63) is 84.9 Å². The van der Waals surface area contributed by atoms with Crippen LogP contribution in [0.2, 0.25) is 0 Å². The number of carbonyl (C=O) groups is 1. The van der Waals surface area contributed by atoms with E-state index in [0.717, 1.165) is 0 Å². The van der Waals surface area contributed by atoms with Crippen molar-refractivity contribution in [3.63, 3.8) is 0 Å². The van der Waals surface area contributed by atoms with E-state index >= 15 is 0 Å². The van der Waals surface area contributed by atoms with Crippen LogP contribution in [0, 0.1) is 0 Å². The number of para-hydroxylation sites is 3. The molecule has 6 nitrogen and oxygen atoms in total. The standard InChI is InChI=1S/C21H20N2O4S/c24-21(15-16-22-28(25,26)18-11-5-2-6-12-18)23-19-13-7-8-14-20(19)27-17-9-3-1-4-10-17/h1-14,22H,15-16H2,(H,23,24). The monoisotopic (exact) mass is 396 g/mol. The maximum Gasteiger partial charge on any atom is 0.240 e.